The number of carbonyl (C=O) groups is 1. The van der Waals surface area contributed by atoms with Crippen LogP contribution in [0.1, 0.15) is 28.2 Å². The quantitative estimate of drug-likeness (QED) is 0.525. The summed E-state index contributed by atoms with van der Waals surface area (Å²) in [5, 5.41) is 0.809. The van der Waals surface area contributed by atoms with Crippen LogP contribution in [0.25, 0.3) is 10.6 Å². The molecule has 8 nitrogen and oxygen atoms in total. The number of fused-ring (bicyclic) bond motifs is 1. The van der Waals surface area contributed by atoms with Crippen LogP contribution in [0.15, 0.2) is 35.2 Å². The van der Waals surface area contributed by atoms with Crippen LogP contribution >= 0.6 is 23.4 Å². The molecule has 2 N–H and O–H groups in total. The van der Waals surface area contributed by atoms with Crippen molar-refractivity contribution in [3.05, 3.63) is 40.8 Å². The van der Waals surface area contributed by atoms with Crippen molar-refractivity contribution >= 4 is 41.3 Å². The summed E-state index contributed by atoms with van der Waals surface area (Å²) in [6, 6.07) is 4.06. The van der Waals surface area contributed by atoms with Gasteiger partial charge in [0.05, 0.1) is 17.5 Å². The zero-order valence-corrected chi connectivity index (χ0v) is 19.3. The van der Waals surface area contributed by atoms with Gasteiger partial charge in [-0.1, -0.05) is 0 Å². The number of carbonyl (C=O) groups excluding carboxylic acids is 1. The van der Waals surface area contributed by atoms with E-state index in [2.05, 4.69) is 14.9 Å². The van der Waals surface area contributed by atoms with Crippen LogP contribution in [0, 0.1) is 0 Å². The molecule has 0 aliphatic carbocycles. The van der Waals surface area contributed by atoms with Gasteiger partial charge in [-0.2, -0.15) is 0 Å². The van der Waals surface area contributed by atoms with E-state index < -0.39 is 0 Å². The van der Waals surface area contributed by atoms with Crippen molar-refractivity contribution in [2.45, 2.75) is 25.4 Å². The van der Waals surface area contributed by atoms with E-state index in [-0.39, 0.29) is 12.0 Å². The van der Waals surface area contributed by atoms with Gasteiger partial charge < -0.3 is 19.7 Å². The third kappa shape index (κ3) is 4.60. The third-order valence-corrected chi connectivity index (χ3v) is 6.98. The van der Waals surface area contributed by atoms with Gasteiger partial charge in [0.25, 0.3) is 5.91 Å². The van der Waals surface area contributed by atoms with Crippen LogP contribution in [0.3, 0.4) is 0 Å². The van der Waals surface area contributed by atoms with Crippen molar-refractivity contribution < 1.29 is 8.98 Å². The van der Waals surface area contributed by atoms with Crippen molar-refractivity contribution in [2.24, 2.45) is 10.7 Å². The molecule has 1 amide bonds. The first-order chi connectivity index (χ1) is 15.1. The summed E-state index contributed by atoms with van der Waals surface area (Å²) in [5.41, 5.74) is 8.04. The van der Waals surface area contributed by atoms with Crippen LogP contribution in [-0.4, -0.2) is 66.0 Å². The van der Waals surface area contributed by atoms with Crippen molar-refractivity contribution in [1.82, 2.24) is 14.9 Å². The van der Waals surface area contributed by atoms with E-state index in [9.17, 15) is 4.79 Å². The number of allylic oxidation sites excluding steroid dienone is 1. The highest BCUT2D eigenvalue weighted by Gasteiger charge is 2.30. The fraction of sp³-hybridized carbons (Fsp3) is 0.429. The summed E-state index contributed by atoms with van der Waals surface area (Å²) >= 11 is 2.83. The molecule has 0 bridgehead atoms. The van der Waals surface area contributed by atoms with Crippen LogP contribution in [0.2, 0.25) is 0 Å². The predicted molar refractivity (Wildman–Crippen MR) is 127 cm³/mol. The van der Waals surface area contributed by atoms with Gasteiger partial charge in [0.1, 0.15) is 15.7 Å². The second kappa shape index (κ2) is 9.80. The van der Waals surface area contributed by atoms with E-state index in [1.165, 1.54) is 29.6 Å². The molecule has 2 aliphatic rings. The predicted octanol–water partition coefficient (Wildman–Crippen LogP) is 2.97. The van der Waals surface area contributed by atoms with Gasteiger partial charge >= 0.3 is 0 Å². The number of nitrogens with zero attached hydrogens (tertiary/aromatic N) is 5. The summed E-state index contributed by atoms with van der Waals surface area (Å²) in [4.78, 5) is 30.9. The van der Waals surface area contributed by atoms with Gasteiger partial charge in [0, 0.05) is 63.5 Å². The Morgan fingerprint density at radius 2 is 2.29 bits per heavy atom. The average Bonchev–Trinajstić information content (AvgIpc) is 3.24. The fourth-order valence-electron chi connectivity index (χ4n) is 3.90. The lowest BCUT2D eigenvalue weighted by molar-refractivity contribution is 0.0805. The molecule has 0 aromatic carbocycles. The van der Waals surface area contributed by atoms with Gasteiger partial charge in [-0.3, -0.25) is 9.79 Å². The molecule has 1 saturated heterocycles. The standard InChI is InChI=1S/C21H26N6O2S2/c1-23-12-15(10-22)27-9-7-17-19(21(27)28)31-20(25-17)14-5-6-18(24-11-14)26-8-3-4-16(13-26)29-30-2/h5-6,10-12,16H,3-4,7-9,13,22H2,1-2H3/b15-10+,23-12?. The number of nitrogens with two attached hydrogens (primary N) is 1. The van der Waals surface area contributed by atoms with Crippen LogP contribution in [0.4, 0.5) is 5.82 Å². The summed E-state index contributed by atoms with van der Waals surface area (Å²) in [5.74, 6) is 0.859. The zero-order chi connectivity index (χ0) is 21.8. The molecule has 4 heterocycles. The first-order valence-electron chi connectivity index (χ1n) is 10.2. The first kappa shape index (κ1) is 21.8. The van der Waals surface area contributed by atoms with Crippen molar-refractivity contribution in [3.8, 4) is 10.6 Å². The van der Waals surface area contributed by atoms with E-state index in [0.717, 1.165) is 48.0 Å². The van der Waals surface area contributed by atoms with Gasteiger partial charge in [-0.15, -0.1) is 11.3 Å². The van der Waals surface area contributed by atoms with Gasteiger partial charge in [0.15, 0.2) is 0 Å². The van der Waals surface area contributed by atoms with Gasteiger partial charge in [-0.25, -0.2) is 9.97 Å². The third-order valence-electron chi connectivity index (χ3n) is 5.38. The topological polar surface area (TPSA) is 96.9 Å². The number of aromatic nitrogens is 2. The number of hydrogen-bond donors (Lipinski definition) is 1. The zero-order valence-electron chi connectivity index (χ0n) is 17.7. The van der Waals surface area contributed by atoms with Crippen LogP contribution in [0.5, 0.6) is 0 Å². The molecular formula is C21H26N6O2S2. The van der Waals surface area contributed by atoms with Crippen LogP contribution in [-0.2, 0) is 10.6 Å². The minimum Gasteiger partial charge on any atom is -0.403 e. The van der Waals surface area contributed by atoms with Gasteiger partial charge in [-0.05, 0) is 37.0 Å². The molecule has 1 fully saturated rings. The minimum atomic E-state index is -0.0840. The number of thiazole rings is 1. The normalized spacial score (nSPS) is 19.9. The Morgan fingerprint density at radius 3 is 3.00 bits per heavy atom. The highest BCUT2D eigenvalue weighted by atomic mass is 32.2. The largest absolute Gasteiger partial charge is 0.403 e. The number of amides is 1. The highest BCUT2D eigenvalue weighted by Crippen LogP contribution is 2.33. The second-order valence-electron chi connectivity index (χ2n) is 7.36. The molecule has 31 heavy (non-hydrogen) atoms. The van der Waals surface area contributed by atoms with E-state index in [0.29, 0.717) is 23.5 Å². The number of aliphatic imine (C=N–C) groups is 1. The Balaban J connectivity index is 1.51. The second-order valence-corrected chi connectivity index (χ2v) is 8.88. The van der Waals surface area contributed by atoms with E-state index in [4.69, 9.17) is 14.9 Å². The molecule has 2 aromatic heterocycles. The number of anilines is 1. The lowest BCUT2D eigenvalue weighted by atomic mass is 10.1. The lowest BCUT2D eigenvalue weighted by Gasteiger charge is -2.32. The number of piperidine rings is 1. The summed E-state index contributed by atoms with van der Waals surface area (Å²) < 4.78 is 5.72. The molecule has 0 spiro atoms. The number of pyridine rings is 1. The molecule has 2 aromatic rings. The monoisotopic (exact) mass is 458 g/mol. The Kier molecular flexibility index (Phi) is 6.89. The molecular weight excluding hydrogens is 432 g/mol. The molecule has 4 rings (SSSR count). The Labute approximate surface area is 190 Å². The van der Waals surface area contributed by atoms with E-state index in [1.807, 2.05) is 24.6 Å². The fourth-order valence-corrected chi connectivity index (χ4v) is 5.38. The maximum atomic E-state index is 13.0. The molecule has 164 valence electrons. The maximum Gasteiger partial charge on any atom is 0.270 e. The molecule has 2 aliphatic heterocycles. The van der Waals surface area contributed by atoms with Crippen LogP contribution < -0.4 is 10.6 Å². The summed E-state index contributed by atoms with van der Waals surface area (Å²) in [6.45, 7) is 2.37. The van der Waals surface area contributed by atoms with E-state index in [1.54, 1.807) is 18.2 Å². The van der Waals surface area contributed by atoms with Crippen molar-refractivity contribution in [3.63, 3.8) is 0 Å². The Bertz CT molecular complexity index is 986. The Morgan fingerprint density at radius 1 is 1.42 bits per heavy atom. The summed E-state index contributed by atoms with van der Waals surface area (Å²) in [6.07, 6.45) is 9.89. The SMILES string of the molecule is CN=C/C(=C\N)N1CCc2nc(-c3ccc(N4CCCC(OSC)C4)nc3)sc2C1=O. The summed E-state index contributed by atoms with van der Waals surface area (Å²) in [7, 11) is 1.66. The highest BCUT2D eigenvalue weighted by molar-refractivity contribution is 7.93. The minimum absolute atomic E-state index is 0.0840. The van der Waals surface area contributed by atoms with Crippen molar-refractivity contribution in [2.75, 3.05) is 37.8 Å². The van der Waals surface area contributed by atoms with Crippen molar-refractivity contribution in [1.29, 1.82) is 0 Å². The molecule has 0 saturated carbocycles. The maximum absolute atomic E-state index is 13.0. The lowest BCUT2D eigenvalue weighted by Crippen LogP contribution is -2.39. The first-order valence-corrected chi connectivity index (χ1v) is 12.2. The molecule has 0 radical (unpaired) electrons. The molecule has 1 atom stereocenters. The van der Waals surface area contributed by atoms with E-state index >= 15 is 0 Å². The number of hydrogen-bond acceptors (Lipinski definition) is 9. The molecule has 1 unspecified atom stereocenters. The van der Waals surface area contributed by atoms with Gasteiger partial charge in [0.2, 0.25) is 0 Å². The molecule has 10 heteroatoms. The number of rotatable bonds is 6. The smallest absolute Gasteiger partial charge is 0.270 e. The average molecular weight is 459 g/mol. The Hall–Kier alpha value is -2.43.